The zero-order chi connectivity index (χ0) is 27.9. The maximum Gasteiger partial charge on any atom is 0.338 e. The first-order chi connectivity index (χ1) is 18.6. The number of para-hydroxylation sites is 1. The second-order valence-electron chi connectivity index (χ2n) is 9.06. The Morgan fingerprint density at radius 2 is 1.82 bits per heavy atom. The van der Waals surface area contributed by atoms with Gasteiger partial charge in [0.2, 0.25) is 5.91 Å². The van der Waals surface area contributed by atoms with E-state index < -0.39 is 39.6 Å². The number of anilines is 2. The molecule has 0 radical (unpaired) electrons. The van der Waals surface area contributed by atoms with Crippen molar-refractivity contribution in [2.45, 2.75) is 19.4 Å². The summed E-state index contributed by atoms with van der Waals surface area (Å²) < 4.78 is 29.2. The highest BCUT2D eigenvalue weighted by Crippen LogP contribution is 2.45. The number of sulfone groups is 1. The van der Waals surface area contributed by atoms with Gasteiger partial charge in [-0.05, 0) is 43.7 Å². The maximum absolute atomic E-state index is 13.6. The van der Waals surface area contributed by atoms with Gasteiger partial charge in [-0.15, -0.1) is 0 Å². The maximum atomic E-state index is 13.6. The molecule has 0 bridgehead atoms. The Bertz CT molecular complexity index is 1550. The van der Waals surface area contributed by atoms with Crippen molar-refractivity contribution in [3.05, 3.63) is 64.6 Å². The number of benzene rings is 2. The predicted octanol–water partition coefficient (Wildman–Crippen LogP) is 2.61. The number of nitrogens with zero attached hydrogens (tertiary/aromatic N) is 2. The van der Waals surface area contributed by atoms with E-state index in [-0.39, 0.29) is 45.9 Å². The van der Waals surface area contributed by atoms with Crippen molar-refractivity contribution in [3.63, 3.8) is 0 Å². The van der Waals surface area contributed by atoms with Gasteiger partial charge < -0.3 is 10.1 Å². The second-order valence-corrected chi connectivity index (χ2v) is 12.9. The minimum Gasteiger partial charge on any atom is -0.462 e. The summed E-state index contributed by atoms with van der Waals surface area (Å²) in [5.41, 5.74) is 1.88. The number of hydrogen-bond donors (Lipinski definition) is 1. The van der Waals surface area contributed by atoms with Crippen molar-refractivity contribution >= 4 is 78.8 Å². The first kappa shape index (κ1) is 27.0. The van der Waals surface area contributed by atoms with Crippen LogP contribution >= 0.6 is 24.0 Å². The van der Waals surface area contributed by atoms with Crippen molar-refractivity contribution in [2.24, 2.45) is 0 Å². The predicted molar refractivity (Wildman–Crippen MR) is 151 cm³/mol. The quantitative estimate of drug-likeness (QED) is 0.309. The number of hydrogen-bond acceptors (Lipinski definition) is 9. The van der Waals surface area contributed by atoms with Crippen molar-refractivity contribution < 1.29 is 32.3 Å². The van der Waals surface area contributed by atoms with Gasteiger partial charge in [0.25, 0.3) is 11.8 Å². The van der Waals surface area contributed by atoms with Crippen molar-refractivity contribution in [1.82, 2.24) is 4.90 Å². The van der Waals surface area contributed by atoms with Crippen LogP contribution in [0.4, 0.5) is 11.4 Å². The van der Waals surface area contributed by atoms with E-state index in [1.165, 1.54) is 21.9 Å². The molecule has 13 heteroatoms. The molecule has 3 heterocycles. The molecule has 0 unspecified atom stereocenters. The van der Waals surface area contributed by atoms with Crippen molar-refractivity contribution in [2.75, 3.05) is 34.9 Å². The van der Waals surface area contributed by atoms with Crippen LogP contribution in [0.2, 0.25) is 0 Å². The monoisotopic (exact) mass is 585 g/mol. The molecule has 2 fully saturated rings. The molecule has 0 spiro atoms. The fourth-order valence-corrected chi connectivity index (χ4v) is 7.90. The van der Waals surface area contributed by atoms with E-state index in [0.717, 1.165) is 11.8 Å². The number of thiocarbonyl (C=S) groups is 1. The van der Waals surface area contributed by atoms with E-state index in [9.17, 15) is 27.6 Å². The summed E-state index contributed by atoms with van der Waals surface area (Å²) in [5, 5.41) is 2.71. The van der Waals surface area contributed by atoms with Crippen LogP contribution < -0.4 is 10.2 Å². The number of carbonyl (C=O) groups excluding carboxylic acids is 4. The number of nitrogens with one attached hydrogen (secondary N) is 1. The van der Waals surface area contributed by atoms with Gasteiger partial charge in [-0.2, -0.15) is 0 Å². The molecule has 2 aromatic carbocycles. The third-order valence-electron chi connectivity index (χ3n) is 6.50. The lowest BCUT2D eigenvalue weighted by Gasteiger charge is -2.21. The van der Waals surface area contributed by atoms with Crippen LogP contribution in [0, 0.1) is 0 Å². The highest BCUT2D eigenvalue weighted by Gasteiger charge is 2.46. The zero-order valence-corrected chi connectivity index (χ0v) is 23.2. The Kier molecular flexibility index (Phi) is 7.31. The van der Waals surface area contributed by atoms with Crippen LogP contribution in [-0.2, 0) is 29.0 Å². The normalized spacial score (nSPS) is 21.9. The molecule has 5 rings (SSSR count). The Morgan fingerprint density at radius 1 is 1.10 bits per heavy atom. The average molecular weight is 586 g/mol. The van der Waals surface area contributed by atoms with E-state index in [1.54, 1.807) is 43.3 Å². The Labute approximate surface area is 234 Å². The minimum absolute atomic E-state index is 0.0170. The molecule has 0 aliphatic carbocycles. The second kappa shape index (κ2) is 10.5. The number of thioether (sulfide) groups is 1. The Balaban J connectivity index is 1.37. The third kappa shape index (κ3) is 5.21. The van der Waals surface area contributed by atoms with Gasteiger partial charge in [-0.25, -0.2) is 13.2 Å². The topological polar surface area (TPSA) is 130 Å². The summed E-state index contributed by atoms with van der Waals surface area (Å²) in [6.07, 6.45) is 0.287. The van der Waals surface area contributed by atoms with Gasteiger partial charge in [0.05, 0.1) is 45.9 Å². The first-order valence-electron chi connectivity index (χ1n) is 12.1. The molecule has 3 aliphatic rings. The summed E-state index contributed by atoms with van der Waals surface area (Å²) in [6.45, 7) is 1.64. The smallest absolute Gasteiger partial charge is 0.338 e. The highest BCUT2D eigenvalue weighted by atomic mass is 32.2. The van der Waals surface area contributed by atoms with Crippen LogP contribution in [0.15, 0.2) is 53.4 Å². The van der Waals surface area contributed by atoms with Gasteiger partial charge in [0.1, 0.15) is 10.9 Å². The fourth-order valence-electron chi connectivity index (χ4n) is 4.73. The van der Waals surface area contributed by atoms with Crippen LogP contribution in [0.25, 0.3) is 5.57 Å². The van der Waals surface area contributed by atoms with E-state index in [1.807, 2.05) is 0 Å². The Morgan fingerprint density at radius 3 is 2.49 bits per heavy atom. The van der Waals surface area contributed by atoms with Gasteiger partial charge in [0.15, 0.2) is 9.84 Å². The van der Waals surface area contributed by atoms with Crippen molar-refractivity contribution in [1.29, 1.82) is 0 Å². The lowest BCUT2D eigenvalue weighted by Crippen LogP contribution is -2.39. The molecule has 2 saturated heterocycles. The SMILES string of the molecule is CCOC(=O)c1ccc(NC(=O)CN2C(=O)/C(=C3\SC(=S)N([C@@H]4CCS(=O)(=O)C4)C3=O)c3ccccc32)cc1. The molecule has 3 aliphatic heterocycles. The summed E-state index contributed by atoms with van der Waals surface area (Å²) in [5.74, 6) is -2.16. The molecule has 10 nitrogen and oxygen atoms in total. The molecule has 3 amide bonds. The fraction of sp³-hybridized carbons (Fsp3) is 0.269. The largest absolute Gasteiger partial charge is 0.462 e. The lowest BCUT2D eigenvalue weighted by atomic mass is 10.1. The number of carbonyl (C=O) groups is 4. The summed E-state index contributed by atoms with van der Waals surface area (Å²) in [7, 11) is -3.25. The number of ether oxygens (including phenoxy) is 1. The molecule has 0 aromatic heterocycles. The van der Waals surface area contributed by atoms with Crippen molar-refractivity contribution in [3.8, 4) is 0 Å². The Hall–Kier alpha value is -3.55. The van der Waals surface area contributed by atoms with Crippen LogP contribution in [0.5, 0.6) is 0 Å². The van der Waals surface area contributed by atoms with Crippen LogP contribution in [0.1, 0.15) is 29.3 Å². The van der Waals surface area contributed by atoms with Gasteiger partial charge in [0, 0.05) is 11.3 Å². The van der Waals surface area contributed by atoms with E-state index in [4.69, 9.17) is 17.0 Å². The average Bonchev–Trinajstić information content (AvgIpc) is 3.49. The van der Waals surface area contributed by atoms with E-state index in [2.05, 4.69) is 5.32 Å². The summed E-state index contributed by atoms with van der Waals surface area (Å²) >= 11 is 6.38. The molecule has 1 N–H and O–H groups in total. The van der Waals surface area contributed by atoms with Gasteiger partial charge in [-0.3, -0.25) is 24.2 Å². The number of rotatable bonds is 6. The molecule has 1 atom stereocenters. The van der Waals surface area contributed by atoms with E-state index >= 15 is 0 Å². The number of fused-ring (bicyclic) bond motifs is 1. The summed E-state index contributed by atoms with van der Waals surface area (Å²) in [4.78, 5) is 54.5. The lowest BCUT2D eigenvalue weighted by molar-refractivity contribution is -0.123. The molecular formula is C26H23N3O7S3. The molecule has 39 heavy (non-hydrogen) atoms. The zero-order valence-electron chi connectivity index (χ0n) is 20.7. The van der Waals surface area contributed by atoms with Gasteiger partial charge in [-0.1, -0.05) is 42.2 Å². The molecule has 202 valence electrons. The van der Waals surface area contributed by atoms with Crippen LogP contribution in [0.3, 0.4) is 0 Å². The highest BCUT2D eigenvalue weighted by molar-refractivity contribution is 8.26. The molecule has 2 aromatic rings. The third-order valence-corrected chi connectivity index (χ3v) is 9.66. The van der Waals surface area contributed by atoms with E-state index in [0.29, 0.717) is 22.5 Å². The van der Waals surface area contributed by atoms with Gasteiger partial charge >= 0.3 is 5.97 Å². The standard InChI is InChI=1S/C26H23N3O7S3/c1-2-36-25(33)15-7-9-16(10-8-15)27-20(30)13-28-19-6-4-3-5-18(19)21(23(28)31)22-24(32)29(26(37)38-22)17-11-12-39(34,35)14-17/h3-10,17H,2,11-14H2,1H3,(H,27,30)/b22-21-/t17-/m1/s1. The first-order valence-corrected chi connectivity index (χ1v) is 15.1. The molecular weight excluding hydrogens is 563 g/mol. The number of esters is 1. The number of amides is 3. The minimum atomic E-state index is -3.25. The molecule has 0 saturated carbocycles. The van der Waals surface area contributed by atoms with Crippen LogP contribution in [-0.4, -0.2) is 72.0 Å². The summed E-state index contributed by atoms with van der Waals surface area (Å²) in [6, 6.07) is 12.4.